The van der Waals surface area contributed by atoms with E-state index in [-0.39, 0.29) is 5.91 Å². The van der Waals surface area contributed by atoms with Crippen molar-refractivity contribution in [2.75, 3.05) is 23.9 Å². The maximum Gasteiger partial charge on any atom is 0.229 e. The Morgan fingerprint density at radius 3 is 2.32 bits per heavy atom. The fourth-order valence-corrected chi connectivity index (χ4v) is 3.18. The Morgan fingerprint density at radius 2 is 1.68 bits per heavy atom. The number of carbonyl (C=O) groups is 1. The number of ether oxygens (including phenoxy) is 1. The lowest BCUT2D eigenvalue weighted by atomic mass is 10.2. The highest BCUT2D eigenvalue weighted by Crippen LogP contribution is 2.27. The van der Waals surface area contributed by atoms with E-state index in [0.717, 1.165) is 16.9 Å². The zero-order valence-electron chi connectivity index (χ0n) is 15.8. The van der Waals surface area contributed by atoms with Gasteiger partial charge >= 0.3 is 0 Å². The Hall–Kier alpha value is -2.98. The van der Waals surface area contributed by atoms with Crippen LogP contribution in [0.4, 0.5) is 11.4 Å². The normalized spacial score (nSPS) is 10.4. The number of carbonyl (C=O) groups excluding carboxylic acids is 1. The molecular weight excluding hydrogens is 372 g/mol. The third-order valence-corrected chi connectivity index (χ3v) is 4.67. The van der Waals surface area contributed by atoms with Crippen LogP contribution in [0, 0.1) is 0 Å². The molecule has 3 aromatic rings. The van der Waals surface area contributed by atoms with Crippen LogP contribution in [-0.4, -0.2) is 19.6 Å². The van der Waals surface area contributed by atoms with E-state index in [9.17, 15) is 4.79 Å². The minimum atomic E-state index is 0.0576. The fourth-order valence-electron chi connectivity index (χ4n) is 2.92. The van der Waals surface area contributed by atoms with Gasteiger partial charge in [-0.3, -0.25) is 4.79 Å². The second-order valence-electron chi connectivity index (χ2n) is 6.33. The molecule has 0 aromatic heterocycles. The molecule has 1 N–H and O–H groups in total. The van der Waals surface area contributed by atoms with Gasteiger partial charge in [0.2, 0.25) is 5.91 Å². The molecule has 144 valence electrons. The molecule has 0 unspecified atom stereocenters. The molecule has 0 saturated heterocycles. The molecule has 28 heavy (non-hydrogen) atoms. The molecule has 0 heterocycles. The summed E-state index contributed by atoms with van der Waals surface area (Å²) in [5.74, 6) is 0.684. The third-order valence-electron chi connectivity index (χ3n) is 4.37. The van der Waals surface area contributed by atoms with Crippen molar-refractivity contribution in [2.24, 2.45) is 0 Å². The maximum absolute atomic E-state index is 12.9. The van der Waals surface area contributed by atoms with Gasteiger partial charge < -0.3 is 15.0 Å². The number of rotatable bonds is 8. The highest BCUT2D eigenvalue weighted by molar-refractivity contribution is 6.32. The summed E-state index contributed by atoms with van der Waals surface area (Å²) in [5, 5.41) is 3.79. The van der Waals surface area contributed by atoms with E-state index in [2.05, 4.69) is 5.32 Å². The number of methoxy groups -OCH3 is 1. The number of anilines is 2. The van der Waals surface area contributed by atoms with Crippen LogP contribution in [0.25, 0.3) is 0 Å². The minimum absolute atomic E-state index is 0.0576. The summed E-state index contributed by atoms with van der Waals surface area (Å²) >= 11 is 6.15. The van der Waals surface area contributed by atoms with Gasteiger partial charge in [0.15, 0.2) is 0 Å². The Morgan fingerprint density at radius 1 is 1.00 bits per heavy atom. The molecule has 0 fully saturated rings. The smallest absolute Gasteiger partial charge is 0.229 e. The molecule has 0 saturated carbocycles. The quantitative estimate of drug-likeness (QED) is 0.557. The van der Waals surface area contributed by atoms with Crippen molar-refractivity contribution in [1.82, 2.24) is 0 Å². The molecular formula is C23H23ClN2O2. The van der Waals surface area contributed by atoms with Gasteiger partial charge in [-0.25, -0.2) is 0 Å². The number of nitrogens with one attached hydrogen (secondary N) is 1. The van der Waals surface area contributed by atoms with Gasteiger partial charge in [0.25, 0.3) is 0 Å². The maximum atomic E-state index is 12.9. The van der Waals surface area contributed by atoms with Gasteiger partial charge in [0.05, 0.1) is 18.7 Å². The van der Waals surface area contributed by atoms with Crippen LogP contribution < -0.4 is 15.0 Å². The molecule has 4 nitrogen and oxygen atoms in total. The monoisotopic (exact) mass is 394 g/mol. The number of amides is 1. The van der Waals surface area contributed by atoms with Gasteiger partial charge in [0, 0.05) is 24.3 Å². The Bertz CT molecular complexity index is 901. The molecule has 0 aliphatic rings. The van der Waals surface area contributed by atoms with E-state index in [1.165, 1.54) is 0 Å². The molecule has 0 aliphatic heterocycles. The lowest BCUT2D eigenvalue weighted by Gasteiger charge is -2.23. The van der Waals surface area contributed by atoms with Gasteiger partial charge in [-0.15, -0.1) is 0 Å². The lowest BCUT2D eigenvalue weighted by Crippen LogP contribution is -2.31. The first kappa shape index (κ1) is 19.8. The number of nitrogens with zero attached hydrogens (tertiary/aromatic N) is 1. The number of benzene rings is 3. The average Bonchev–Trinajstić information content (AvgIpc) is 2.73. The fraction of sp³-hybridized carbons (Fsp3) is 0.174. The molecule has 0 aliphatic carbocycles. The standard InChI is InChI=1S/C23H23ClN2O2/c1-28-22-13-12-19(16-21(22)24)25-15-14-23(27)26(20-10-6-3-7-11-20)17-18-8-4-2-5-9-18/h2-13,16,25H,14-15,17H2,1H3. The average molecular weight is 395 g/mol. The summed E-state index contributed by atoms with van der Waals surface area (Å²) in [6, 6.07) is 25.2. The second kappa shape index (κ2) is 9.81. The van der Waals surface area contributed by atoms with Crippen molar-refractivity contribution < 1.29 is 9.53 Å². The molecule has 1 amide bonds. The van der Waals surface area contributed by atoms with Crippen LogP contribution >= 0.6 is 11.6 Å². The first-order valence-corrected chi connectivity index (χ1v) is 9.52. The Kier molecular flexibility index (Phi) is 6.93. The van der Waals surface area contributed by atoms with Crippen LogP contribution in [0.15, 0.2) is 78.9 Å². The molecule has 0 bridgehead atoms. The SMILES string of the molecule is COc1ccc(NCCC(=O)N(Cc2ccccc2)c2ccccc2)cc1Cl. The predicted molar refractivity (Wildman–Crippen MR) is 115 cm³/mol. The zero-order chi connectivity index (χ0) is 19.8. The first-order valence-electron chi connectivity index (χ1n) is 9.14. The molecule has 3 aromatic carbocycles. The summed E-state index contributed by atoms with van der Waals surface area (Å²) in [4.78, 5) is 14.8. The zero-order valence-corrected chi connectivity index (χ0v) is 16.5. The summed E-state index contributed by atoms with van der Waals surface area (Å²) in [6.45, 7) is 1.05. The van der Waals surface area contributed by atoms with E-state index >= 15 is 0 Å². The number of para-hydroxylation sites is 1. The molecule has 5 heteroatoms. The first-order chi connectivity index (χ1) is 13.7. The number of hydrogen-bond acceptors (Lipinski definition) is 3. The summed E-state index contributed by atoms with van der Waals surface area (Å²) < 4.78 is 5.16. The second-order valence-corrected chi connectivity index (χ2v) is 6.73. The van der Waals surface area contributed by atoms with Gasteiger partial charge in [0.1, 0.15) is 5.75 Å². The topological polar surface area (TPSA) is 41.6 Å². The van der Waals surface area contributed by atoms with Crippen LogP contribution in [0.5, 0.6) is 5.75 Å². The van der Waals surface area contributed by atoms with Crippen molar-refractivity contribution in [1.29, 1.82) is 0 Å². The van der Waals surface area contributed by atoms with E-state index < -0.39 is 0 Å². The van der Waals surface area contributed by atoms with Crippen LogP contribution in [0.1, 0.15) is 12.0 Å². The van der Waals surface area contributed by atoms with Crippen molar-refractivity contribution in [3.8, 4) is 5.75 Å². The highest BCUT2D eigenvalue weighted by Gasteiger charge is 2.16. The summed E-state index contributed by atoms with van der Waals surface area (Å²) in [5.41, 5.74) is 2.84. The predicted octanol–water partition coefficient (Wildman–Crippen LogP) is 5.38. The van der Waals surface area contributed by atoms with Gasteiger partial charge in [-0.1, -0.05) is 60.1 Å². The Balaban J connectivity index is 1.65. The van der Waals surface area contributed by atoms with E-state index in [0.29, 0.717) is 30.3 Å². The van der Waals surface area contributed by atoms with Crippen molar-refractivity contribution in [2.45, 2.75) is 13.0 Å². The third kappa shape index (κ3) is 5.27. The van der Waals surface area contributed by atoms with E-state index in [4.69, 9.17) is 16.3 Å². The Labute approximate surface area is 170 Å². The largest absolute Gasteiger partial charge is 0.495 e. The van der Waals surface area contributed by atoms with Crippen LogP contribution in [0.2, 0.25) is 5.02 Å². The van der Waals surface area contributed by atoms with Crippen LogP contribution in [0.3, 0.4) is 0 Å². The van der Waals surface area contributed by atoms with Gasteiger partial charge in [-0.05, 0) is 35.9 Å². The minimum Gasteiger partial charge on any atom is -0.495 e. The number of halogens is 1. The highest BCUT2D eigenvalue weighted by atomic mass is 35.5. The van der Waals surface area contributed by atoms with Crippen LogP contribution in [-0.2, 0) is 11.3 Å². The molecule has 0 radical (unpaired) electrons. The van der Waals surface area contributed by atoms with Gasteiger partial charge in [-0.2, -0.15) is 0 Å². The van der Waals surface area contributed by atoms with Crippen molar-refractivity contribution in [3.05, 3.63) is 89.4 Å². The van der Waals surface area contributed by atoms with E-state index in [1.807, 2.05) is 71.6 Å². The molecule has 3 rings (SSSR count). The van der Waals surface area contributed by atoms with Crippen molar-refractivity contribution in [3.63, 3.8) is 0 Å². The molecule has 0 spiro atoms. The lowest BCUT2D eigenvalue weighted by molar-refractivity contribution is -0.118. The number of hydrogen-bond donors (Lipinski definition) is 1. The van der Waals surface area contributed by atoms with E-state index in [1.54, 1.807) is 19.2 Å². The molecule has 0 atom stereocenters. The summed E-state index contributed by atoms with van der Waals surface area (Å²) in [6.07, 6.45) is 0.366. The summed E-state index contributed by atoms with van der Waals surface area (Å²) in [7, 11) is 1.58. The van der Waals surface area contributed by atoms with Crippen molar-refractivity contribution >= 4 is 28.9 Å².